The van der Waals surface area contributed by atoms with E-state index in [0.717, 1.165) is 11.1 Å². The van der Waals surface area contributed by atoms with E-state index >= 15 is 0 Å². The van der Waals surface area contributed by atoms with E-state index < -0.39 is 29.6 Å². The number of ether oxygens (including phenoxy) is 1. The molecule has 3 aliphatic heterocycles. The number of carbonyl (C=O) groups excluding carboxylic acids is 3. The van der Waals surface area contributed by atoms with E-state index in [4.69, 9.17) is 4.74 Å². The number of rotatable bonds is 12. The summed E-state index contributed by atoms with van der Waals surface area (Å²) in [6, 6.07) is 16.0. The average molecular weight is 664 g/mol. The highest BCUT2D eigenvalue weighted by Crippen LogP contribution is 2.60. The third-order valence-corrected chi connectivity index (χ3v) is 9.76. The summed E-state index contributed by atoms with van der Waals surface area (Å²) in [5, 5.41) is 18.5. The molecular formula is C32H35BrN6O5. The quantitative estimate of drug-likeness (QED) is 0.234. The van der Waals surface area contributed by atoms with Crippen molar-refractivity contribution in [3.05, 3.63) is 85.5 Å². The van der Waals surface area contributed by atoms with Crippen LogP contribution in [0.3, 0.4) is 0 Å². The Morgan fingerprint density at radius 1 is 1.07 bits per heavy atom. The molecule has 2 bridgehead atoms. The molecule has 3 unspecified atom stereocenters. The van der Waals surface area contributed by atoms with Gasteiger partial charge in [-0.25, -0.2) is 4.68 Å². The molecule has 3 fully saturated rings. The number of alkyl halides is 1. The smallest absolute Gasteiger partial charge is 0.250 e. The van der Waals surface area contributed by atoms with Gasteiger partial charge in [-0.15, -0.1) is 18.3 Å². The summed E-state index contributed by atoms with van der Waals surface area (Å²) in [7, 11) is 0. The van der Waals surface area contributed by atoms with Crippen LogP contribution in [-0.2, 0) is 32.3 Å². The zero-order valence-electron chi connectivity index (χ0n) is 24.2. The maximum absolute atomic E-state index is 14.6. The second-order valence-corrected chi connectivity index (χ2v) is 12.7. The molecule has 4 heterocycles. The molecule has 0 aliphatic carbocycles. The van der Waals surface area contributed by atoms with Crippen molar-refractivity contribution in [3.8, 4) is 0 Å². The van der Waals surface area contributed by atoms with Gasteiger partial charge < -0.3 is 24.5 Å². The fourth-order valence-electron chi connectivity index (χ4n) is 7.17. The van der Waals surface area contributed by atoms with Gasteiger partial charge in [0.25, 0.3) is 0 Å². The molecule has 3 aromatic rings. The van der Waals surface area contributed by atoms with E-state index in [0.29, 0.717) is 25.0 Å². The van der Waals surface area contributed by atoms with Crippen molar-refractivity contribution in [2.45, 2.75) is 42.2 Å². The van der Waals surface area contributed by atoms with Crippen molar-refractivity contribution in [2.75, 3.05) is 26.2 Å². The van der Waals surface area contributed by atoms with Crippen LogP contribution in [-0.4, -0.2) is 101 Å². The van der Waals surface area contributed by atoms with Gasteiger partial charge in [-0.2, -0.15) is 0 Å². The summed E-state index contributed by atoms with van der Waals surface area (Å²) in [5.41, 5.74) is 1.14. The number of aliphatic hydroxyl groups is 1. The van der Waals surface area contributed by atoms with Crippen molar-refractivity contribution in [3.63, 3.8) is 0 Å². The highest BCUT2D eigenvalue weighted by Gasteiger charge is 2.76. The van der Waals surface area contributed by atoms with Crippen molar-refractivity contribution in [1.29, 1.82) is 0 Å². The van der Waals surface area contributed by atoms with E-state index in [1.54, 1.807) is 26.6 Å². The average Bonchev–Trinajstić information content (AvgIpc) is 3.74. The lowest BCUT2D eigenvalue weighted by Gasteiger charge is -2.37. The molecule has 6 atom stereocenters. The Morgan fingerprint density at radius 3 is 2.50 bits per heavy atom. The predicted octanol–water partition coefficient (Wildman–Crippen LogP) is 2.36. The highest BCUT2D eigenvalue weighted by atomic mass is 79.9. The summed E-state index contributed by atoms with van der Waals surface area (Å²) < 4.78 is 8.28. The van der Waals surface area contributed by atoms with E-state index in [-0.39, 0.29) is 48.9 Å². The first-order chi connectivity index (χ1) is 21.3. The number of hydrogen-bond acceptors (Lipinski definition) is 7. The minimum atomic E-state index is -1.25. The van der Waals surface area contributed by atoms with Gasteiger partial charge in [0.2, 0.25) is 17.7 Å². The number of benzene rings is 2. The first kappa shape index (κ1) is 30.2. The number of β-amino-alcohol motifs (C(OH)–C–C–N with tert-alkyl or cyclic N) is 1. The van der Waals surface area contributed by atoms with Gasteiger partial charge >= 0.3 is 0 Å². The molecule has 6 rings (SSSR count). The molecule has 1 spiro atoms. The number of aromatic nitrogens is 3. The number of amides is 3. The molecular weight excluding hydrogens is 628 g/mol. The lowest BCUT2D eigenvalue weighted by atomic mass is 9.70. The molecule has 0 saturated carbocycles. The minimum Gasteiger partial charge on any atom is -0.395 e. The van der Waals surface area contributed by atoms with E-state index in [1.807, 2.05) is 54.6 Å². The molecule has 44 heavy (non-hydrogen) atoms. The Balaban J connectivity index is 1.35. The number of carbonyl (C=O) groups is 3. The fraction of sp³-hybridized carbons (Fsp3) is 0.406. The van der Waals surface area contributed by atoms with Crippen LogP contribution < -0.4 is 0 Å². The third kappa shape index (κ3) is 4.94. The van der Waals surface area contributed by atoms with E-state index in [1.165, 1.54) is 4.90 Å². The topological polar surface area (TPSA) is 121 Å². The first-order valence-electron chi connectivity index (χ1n) is 14.7. The number of likely N-dealkylation sites (tertiary alicyclic amines) is 1. The summed E-state index contributed by atoms with van der Waals surface area (Å²) >= 11 is 3.73. The minimum absolute atomic E-state index is 0.0655. The maximum Gasteiger partial charge on any atom is 0.250 e. The molecule has 3 saturated heterocycles. The van der Waals surface area contributed by atoms with Gasteiger partial charge in [0.1, 0.15) is 23.8 Å². The lowest BCUT2D eigenvalue weighted by molar-refractivity contribution is -0.150. The van der Waals surface area contributed by atoms with Gasteiger partial charge in [0.05, 0.1) is 30.1 Å². The van der Waals surface area contributed by atoms with Crippen molar-refractivity contribution in [2.24, 2.45) is 11.8 Å². The molecule has 1 N–H and O–H groups in total. The summed E-state index contributed by atoms with van der Waals surface area (Å²) in [6.45, 7) is 8.16. The van der Waals surface area contributed by atoms with Crippen LogP contribution in [0.4, 0.5) is 0 Å². The Morgan fingerprint density at radius 2 is 1.77 bits per heavy atom. The largest absolute Gasteiger partial charge is 0.395 e. The molecule has 2 aromatic carbocycles. The summed E-state index contributed by atoms with van der Waals surface area (Å²) in [5.74, 6) is -2.64. The second kappa shape index (κ2) is 12.3. The van der Waals surface area contributed by atoms with Gasteiger partial charge in [-0.3, -0.25) is 14.4 Å². The van der Waals surface area contributed by atoms with Crippen LogP contribution in [0.5, 0.6) is 0 Å². The van der Waals surface area contributed by atoms with Crippen LogP contribution in [0.15, 0.2) is 79.9 Å². The zero-order valence-corrected chi connectivity index (χ0v) is 25.8. The summed E-state index contributed by atoms with van der Waals surface area (Å²) in [4.78, 5) is 47.5. The van der Waals surface area contributed by atoms with Gasteiger partial charge in [-0.1, -0.05) is 75.8 Å². The molecule has 3 aliphatic rings. The van der Waals surface area contributed by atoms with E-state index in [2.05, 4.69) is 39.4 Å². The molecule has 230 valence electrons. The molecule has 1 aromatic heterocycles. The SMILES string of the molecule is C=CCN(Cn1nnc2ccccc21)C(=O)C1N(CCO)C(=O)[C@@H]2[C@H](C(=O)N(CC=C)Cc3ccccc3)[C@H]3OC12CC3Br. The number of aliphatic hydroxyl groups excluding tert-OH is 1. The Bertz CT molecular complexity index is 1580. The van der Waals surface area contributed by atoms with Crippen molar-refractivity contribution >= 4 is 44.7 Å². The standard InChI is InChI=1S/C32H35BrN6O5/c1-3-14-36(19-21-10-6-5-7-11-21)29(41)25-26-30(42)38(16-17-40)28(32(26)18-22(33)27(25)44-32)31(43)37(15-4-2)20-39-24-13-9-8-12-23(24)34-35-39/h3-13,22,25-28,40H,1-2,14-20H2/t22?,25-,26-,27-,28?,32?/m0/s1. The lowest BCUT2D eigenvalue weighted by Crippen LogP contribution is -2.57. The highest BCUT2D eigenvalue weighted by molar-refractivity contribution is 9.09. The van der Waals surface area contributed by atoms with Crippen LogP contribution in [0, 0.1) is 11.8 Å². The molecule has 3 amide bonds. The maximum atomic E-state index is 14.6. The van der Waals surface area contributed by atoms with E-state index in [9.17, 15) is 19.5 Å². The normalized spacial score (nSPS) is 27.0. The number of nitrogens with zero attached hydrogens (tertiary/aromatic N) is 6. The van der Waals surface area contributed by atoms with Gasteiger partial charge in [0, 0.05) is 31.0 Å². The van der Waals surface area contributed by atoms with Gasteiger partial charge in [0.15, 0.2) is 0 Å². The Kier molecular flexibility index (Phi) is 8.40. The van der Waals surface area contributed by atoms with Crippen LogP contribution in [0.25, 0.3) is 11.0 Å². The fourth-order valence-corrected chi connectivity index (χ4v) is 8.11. The van der Waals surface area contributed by atoms with Gasteiger partial charge in [-0.05, 0) is 24.1 Å². The number of para-hydroxylation sites is 1. The Labute approximate surface area is 263 Å². The summed E-state index contributed by atoms with van der Waals surface area (Å²) in [6.07, 6.45) is 3.05. The Hall–Kier alpha value is -3.87. The van der Waals surface area contributed by atoms with Crippen molar-refractivity contribution in [1.82, 2.24) is 29.7 Å². The monoisotopic (exact) mass is 662 g/mol. The third-order valence-electron chi connectivity index (χ3n) is 8.91. The van der Waals surface area contributed by atoms with Crippen LogP contribution in [0.1, 0.15) is 12.0 Å². The van der Waals surface area contributed by atoms with Crippen LogP contribution >= 0.6 is 15.9 Å². The number of halogens is 1. The molecule has 12 heteroatoms. The first-order valence-corrected chi connectivity index (χ1v) is 15.6. The van der Waals surface area contributed by atoms with Crippen molar-refractivity contribution < 1.29 is 24.2 Å². The predicted molar refractivity (Wildman–Crippen MR) is 166 cm³/mol. The number of hydrogen-bond donors (Lipinski definition) is 1. The van der Waals surface area contributed by atoms with Crippen LogP contribution in [0.2, 0.25) is 0 Å². The number of fused-ring (bicyclic) bond motifs is 2. The molecule has 11 nitrogen and oxygen atoms in total. The molecule has 0 radical (unpaired) electrons. The zero-order chi connectivity index (χ0) is 31.0. The second-order valence-electron chi connectivity index (χ2n) is 11.5.